The maximum absolute atomic E-state index is 11.1. The minimum Gasteiger partial charge on any atom is -0.497 e. The fourth-order valence-electron chi connectivity index (χ4n) is 5.01. The topological polar surface area (TPSA) is 38.7 Å². The Kier molecular flexibility index (Phi) is 3.31. The highest BCUT2D eigenvalue weighted by Gasteiger charge is 2.56. The van der Waals surface area contributed by atoms with Crippen molar-refractivity contribution in [1.29, 1.82) is 0 Å². The van der Waals surface area contributed by atoms with Gasteiger partial charge in [-0.3, -0.25) is 0 Å². The second-order valence-corrected chi connectivity index (χ2v) is 7.02. The van der Waals surface area contributed by atoms with E-state index in [1.807, 2.05) is 12.1 Å². The Morgan fingerprint density at radius 1 is 1.36 bits per heavy atom. The van der Waals surface area contributed by atoms with Gasteiger partial charge >= 0.3 is 0 Å². The zero-order valence-corrected chi connectivity index (χ0v) is 13.1. The molecule has 0 amide bonds. The first kappa shape index (κ1) is 14.3. The van der Waals surface area contributed by atoms with Gasteiger partial charge in [0.2, 0.25) is 0 Å². The first-order valence-electron chi connectivity index (χ1n) is 8.30. The molecule has 0 bridgehead atoms. The highest BCUT2D eigenvalue weighted by atomic mass is 16.5. The fraction of sp³-hybridized carbons (Fsp3) is 0.579. The van der Waals surface area contributed by atoms with Gasteiger partial charge in [-0.1, -0.05) is 12.1 Å². The quantitative estimate of drug-likeness (QED) is 0.852. The maximum atomic E-state index is 11.1. The lowest BCUT2D eigenvalue weighted by Crippen LogP contribution is -2.53. The van der Waals surface area contributed by atoms with Crippen molar-refractivity contribution in [3.8, 4) is 5.75 Å². The predicted octanol–water partition coefficient (Wildman–Crippen LogP) is 3.27. The molecule has 5 atom stereocenters. The van der Waals surface area contributed by atoms with Gasteiger partial charge in [-0.15, -0.1) is 6.58 Å². The average molecular weight is 300 g/mol. The Hall–Kier alpha value is -1.32. The Bertz CT molecular complexity index is 596. The van der Waals surface area contributed by atoms with Crippen LogP contribution in [0.5, 0.6) is 5.75 Å². The largest absolute Gasteiger partial charge is 0.497 e. The standard InChI is InChI=1S/C19H24O3/c1-3-13-5-9-17-16-7-4-12-10-14(21-2)6-8-15(12)18(16)22-11-19(13,17)20/h3,6,8,10,13,16-18,20H,1,4-5,7,9,11H2,2H3/t13-,16+,17+,18-,19+/m1/s1. The van der Waals surface area contributed by atoms with Crippen LogP contribution in [-0.2, 0) is 11.2 Å². The monoisotopic (exact) mass is 300 g/mol. The number of fused-ring (bicyclic) bond motifs is 5. The summed E-state index contributed by atoms with van der Waals surface area (Å²) in [4.78, 5) is 0. The van der Waals surface area contributed by atoms with Crippen LogP contribution in [0, 0.1) is 17.8 Å². The highest BCUT2D eigenvalue weighted by molar-refractivity contribution is 5.39. The summed E-state index contributed by atoms with van der Waals surface area (Å²) in [6.07, 6.45) is 6.30. The smallest absolute Gasteiger partial charge is 0.119 e. The van der Waals surface area contributed by atoms with E-state index < -0.39 is 5.60 Å². The molecule has 2 aliphatic carbocycles. The number of rotatable bonds is 2. The van der Waals surface area contributed by atoms with Crippen LogP contribution < -0.4 is 4.74 Å². The summed E-state index contributed by atoms with van der Waals surface area (Å²) in [7, 11) is 1.71. The maximum Gasteiger partial charge on any atom is 0.119 e. The van der Waals surface area contributed by atoms with Crippen molar-refractivity contribution in [2.24, 2.45) is 17.8 Å². The third kappa shape index (κ3) is 1.88. The molecule has 1 aliphatic heterocycles. The van der Waals surface area contributed by atoms with Crippen LogP contribution in [0.1, 0.15) is 36.5 Å². The van der Waals surface area contributed by atoms with Crippen molar-refractivity contribution in [3.05, 3.63) is 42.0 Å². The second-order valence-electron chi connectivity index (χ2n) is 7.02. The van der Waals surface area contributed by atoms with Gasteiger partial charge in [0.05, 0.1) is 25.4 Å². The molecule has 3 nitrogen and oxygen atoms in total. The summed E-state index contributed by atoms with van der Waals surface area (Å²) in [6.45, 7) is 4.34. The highest BCUT2D eigenvalue weighted by Crippen LogP contribution is 2.56. The summed E-state index contributed by atoms with van der Waals surface area (Å²) in [5, 5.41) is 11.1. The summed E-state index contributed by atoms with van der Waals surface area (Å²) < 4.78 is 11.5. The molecule has 0 spiro atoms. The van der Waals surface area contributed by atoms with Crippen molar-refractivity contribution < 1.29 is 14.6 Å². The Morgan fingerprint density at radius 3 is 3.00 bits per heavy atom. The molecule has 1 aromatic rings. The number of ether oxygens (including phenoxy) is 2. The summed E-state index contributed by atoms with van der Waals surface area (Å²) >= 11 is 0. The van der Waals surface area contributed by atoms with E-state index in [2.05, 4.69) is 18.7 Å². The molecule has 118 valence electrons. The van der Waals surface area contributed by atoms with Crippen molar-refractivity contribution in [2.75, 3.05) is 13.7 Å². The number of hydrogen-bond acceptors (Lipinski definition) is 3. The number of hydrogen-bond donors (Lipinski definition) is 1. The molecule has 2 fully saturated rings. The van der Waals surface area contributed by atoms with Gasteiger partial charge in [-0.05, 0) is 60.8 Å². The van der Waals surface area contributed by atoms with E-state index in [0.717, 1.165) is 31.4 Å². The molecule has 22 heavy (non-hydrogen) atoms. The van der Waals surface area contributed by atoms with Crippen molar-refractivity contribution in [3.63, 3.8) is 0 Å². The van der Waals surface area contributed by atoms with Gasteiger partial charge in [0.25, 0.3) is 0 Å². The Labute approximate surface area is 131 Å². The molecule has 1 saturated heterocycles. The molecule has 1 aromatic carbocycles. The normalized spacial score (nSPS) is 39.5. The third-order valence-electron chi connectivity index (χ3n) is 6.16. The lowest BCUT2D eigenvalue weighted by molar-refractivity contribution is -0.189. The number of benzene rings is 1. The van der Waals surface area contributed by atoms with Gasteiger partial charge < -0.3 is 14.6 Å². The molecule has 0 unspecified atom stereocenters. The number of aliphatic hydroxyl groups is 1. The summed E-state index contributed by atoms with van der Waals surface area (Å²) in [5.74, 6) is 1.85. The van der Waals surface area contributed by atoms with Crippen molar-refractivity contribution in [2.45, 2.75) is 37.4 Å². The van der Waals surface area contributed by atoms with Crippen LogP contribution in [0.3, 0.4) is 0 Å². The van der Waals surface area contributed by atoms with Crippen LogP contribution in [0.25, 0.3) is 0 Å². The minimum atomic E-state index is -0.701. The minimum absolute atomic E-state index is 0.128. The van der Waals surface area contributed by atoms with Crippen LogP contribution in [0.15, 0.2) is 30.9 Å². The molecule has 1 heterocycles. The molecule has 0 radical (unpaired) electrons. The van der Waals surface area contributed by atoms with Crippen LogP contribution >= 0.6 is 0 Å². The SMILES string of the molecule is C=C[C@@H]1CC[C@H]2[C@@H]3CCc4cc(OC)ccc4[C@H]3OC[C@]12O. The average Bonchev–Trinajstić information content (AvgIpc) is 2.90. The van der Waals surface area contributed by atoms with Crippen LogP contribution in [0.4, 0.5) is 0 Å². The van der Waals surface area contributed by atoms with E-state index in [-0.39, 0.29) is 12.0 Å². The number of aryl methyl sites for hydroxylation is 1. The van der Waals surface area contributed by atoms with E-state index in [4.69, 9.17) is 9.47 Å². The van der Waals surface area contributed by atoms with Gasteiger partial charge in [-0.25, -0.2) is 0 Å². The van der Waals surface area contributed by atoms with E-state index >= 15 is 0 Å². The lowest BCUT2D eigenvalue weighted by Gasteiger charge is -2.49. The van der Waals surface area contributed by atoms with Crippen molar-refractivity contribution in [1.82, 2.24) is 0 Å². The Balaban J connectivity index is 1.67. The zero-order valence-electron chi connectivity index (χ0n) is 13.1. The van der Waals surface area contributed by atoms with Gasteiger partial charge in [0.15, 0.2) is 0 Å². The van der Waals surface area contributed by atoms with Crippen LogP contribution in [-0.4, -0.2) is 24.4 Å². The number of methoxy groups -OCH3 is 1. The third-order valence-corrected chi connectivity index (χ3v) is 6.16. The summed E-state index contributed by atoms with van der Waals surface area (Å²) in [6, 6.07) is 6.30. The molecule has 1 saturated carbocycles. The van der Waals surface area contributed by atoms with E-state index in [9.17, 15) is 5.11 Å². The second kappa shape index (κ2) is 5.10. The molecule has 3 heteroatoms. The first-order valence-corrected chi connectivity index (χ1v) is 8.30. The van der Waals surface area contributed by atoms with Crippen molar-refractivity contribution >= 4 is 0 Å². The molecule has 4 rings (SSSR count). The fourth-order valence-corrected chi connectivity index (χ4v) is 5.01. The van der Waals surface area contributed by atoms with Crippen LogP contribution in [0.2, 0.25) is 0 Å². The van der Waals surface area contributed by atoms with Gasteiger partial charge in [-0.2, -0.15) is 0 Å². The molecular formula is C19H24O3. The van der Waals surface area contributed by atoms with E-state index in [1.165, 1.54) is 11.1 Å². The van der Waals surface area contributed by atoms with E-state index in [1.54, 1.807) is 7.11 Å². The molecule has 1 N–H and O–H groups in total. The Morgan fingerprint density at radius 2 is 2.23 bits per heavy atom. The predicted molar refractivity (Wildman–Crippen MR) is 84.9 cm³/mol. The summed E-state index contributed by atoms with van der Waals surface area (Å²) in [5.41, 5.74) is 1.93. The molecular weight excluding hydrogens is 276 g/mol. The molecule has 3 aliphatic rings. The zero-order chi connectivity index (χ0) is 15.3. The van der Waals surface area contributed by atoms with Gasteiger partial charge in [0.1, 0.15) is 5.75 Å². The first-order chi connectivity index (χ1) is 10.7. The van der Waals surface area contributed by atoms with Gasteiger partial charge in [0, 0.05) is 5.92 Å². The molecule has 0 aromatic heterocycles. The lowest BCUT2D eigenvalue weighted by atomic mass is 9.67. The van der Waals surface area contributed by atoms with E-state index in [0.29, 0.717) is 18.4 Å².